The average Bonchev–Trinajstić information content (AvgIpc) is 2.26. The number of rotatable bonds is 6. The molecule has 0 aliphatic rings. The van der Waals surface area contributed by atoms with Gasteiger partial charge in [0.25, 0.3) is 0 Å². The standard InChI is InChI=1S/C10H15F3N4O/c1-2-8-16-7(14)5-9(17-8)15-3-4-18-6-10(11,12)13/h5H,2-4,6H2,1H3,(H3,14,15,16,17). The van der Waals surface area contributed by atoms with Crippen LogP contribution >= 0.6 is 0 Å². The molecule has 0 unspecified atom stereocenters. The number of anilines is 2. The van der Waals surface area contributed by atoms with Crippen LogP contribution in [0, 0.1) is 0 Å². The third-order valence-corrected chi connectivity index (χ3v) is 1.93. The van der Waals surface area contributed by atoms with Crippen LogP contribution in [0.25, 0.3) is 0 Å². The molecule has 0 aliphatic heterocycles. The minimum Gasteiger partial charge on any atom is -0.384 e. The van der Waals surface area contributed by atoms with E-state index in [-0.39, 0.29) is 13.2 Å². The zero-order valence-corrected chi connectivity index (χ0v) is 9.92. The minimum atomic E-state index is -4.30. The molecule has 0 saturated carbocycles. The van der Waals surface area contributed by atoms with E-state index in [1.54, 1.807) is 0 Å². The second kappa shape index (κ2) is 6.39. The van der Waals surface area contributed by atoms with Gasteiger partial charge < -0.3 is 15.8 Å². The molecule has 1 heterocycles. The van der Waals surface area contributed by atoms with E-state index in [0.717, 1.165) is 0 Å². The number of nitrogen functional groups attached to an aromatic ring is 1. The molecule has 5 nitrogen and oxygen atoms in total. The van der Waals surface area contributed by atoms with Crippen molar-refractivity contribution in [1.29, 1.82) is 0 Å². The van der Waals surface area contributed by atoms with E-state index in [1.807, 2.05) is 6.92 Å². The molecule has 0 aliphatic carbocycles. The normalized spacial score (nSPS) is 11.6. The SMILES string of the molecule is CCc1nc(N)cc(NCCOCC(F)(F)F)n1. The Labute approximate surface area is 103 Å². The summed E-state index contributed by atoms with van der Waals surface area (Å²) in [5.74, 6) is 1.38. The first-order valence-corrected chi connectivity index (χ1v) is 5.42. The Balaban J connectivity index is 2.33. The van der Waals surface area contributed by atoms with E-state index in [4.69, 9.17) is 5.73 Å². The fourth-order valence-corrected chi connectivity index (χ4v) is 1.21. The number of nitrogens with one attached hydrogen (secondary N) is 1. The Hall–Kier alpha value is -1.57. The van der Waals surface area contributed by atoms with Gasteiger partial charge in [0.1, 0.15) is 24.1 Å². The van der Waals surface area contributed by atoms with Crippen LogP contribution in [-0.4, -0.2) is 35.9 Å². The van der Waals surface area contributed by atoms with Crippen molar-refractivity contribution in [2.45, 2.75) is 19.5 Å². The van der Waals surface area contributed by atoms with Crippen molar-refractivity contribution in [3.05, 3.63) is 11.9 Å². The smallest absolute Gasteiger partial charge is 0.384 e. The molecule has 0 amide bonds. The van der Waals surface area contributed by atoms with Gasteiger partial charge in [0.2, 0.25) is 0 Å². The lowest BCUT2D eigenvalue weighted by atomic mass is 10.4. The Bertz CT molecular complexity index is 384. The van der Waals surface area contributed by atoms with Gasteiger partial charge in [-0.15, -0.1) is 0 Å². The lowest BCUT2D eigenvalue weighted by Crippen LogP contribution is -2.20. The predicted molar refractivity (Wildman–Crippen MR) is 61.2 cm³/mol. The van der Waals surface area contributed by atoms with Gasteiger partial charge in [-0.3, -0.25) is 0 Å². The van der Waals surface area contributed by atoms with Gasteiger partial charge in [-0.25, -0.2) is 9.97 Å². The maximum Gasteiger partial charge on any atom is 0.411 e. The Morgan fingerprint density at radius 3 is 2.72 bits per heavy atom. The fourth-order valence-electron chi connectivity index (χ4n) is 1.21. The van der Waals surface area contributed by atoms with Crippen molar-refractivity contribution in [3.63, 3.8) is 0 Å². The molecule has 3 N–H and O–H groups in total. The first kappa shape index (κ1) is 14.5. The number of ether oxygens (including phenoxy) is 1. The number of nitrogens with two attached hydrogens (primary N) is 1. The van der Waals surface area contributed by atoms with Crippen molar-refractivity contribution in [3.8, 4) is 0 Å². The maximum atomic E-state index is 11.8. The van der Waals surface area contributed by atoms with Crippen LogP contribution in [0.3, 0.4) is 0 Å². The van der Waals surface area contributed by atoms with Crippen LogP contribution in [0.5, 0.6) is 0 Å². The summed E-state index contributed by atoms with van der Waals surface area (Å²) >= 11 is 0. The molecule has 0 bridgehead atoms. The first-order chi connectivity index (χ1) is 8.40. The van der Waals surface area contributed by atoms with Crippen LogP contribution in [0.1, 0.15) is 12.7 Å². The Morgan fingerprint density at radius 1 is 1.39 bits per heavy atom. The molecule has 8 heteroatoms. The number of aromatic nitrogens is 2. The van der Waals surface area contributed by atoms with Gasteiger partial charge in [-0.05, 0) is 0 Å². The van der Waals surface area contributed by atoms with Crippen molar-refractivity contribution in [1.82, 2.24) is 9.97 Å². The number of aryl methyl sites for hydroxylation is 1. The van der Waals surface area contributed by atoms with E-state index in [1.165, 1.54) is 6.07 Å². The highest BCUT2D eigenvalue weighted by Gasteiger charge is 2.27. The van der Waals surface area contributed by atoms with Crippen LogP contribution < -0.4 is 11.1 Å². The Kier molecular flexibility index (Phi) is 5.14. The zero-order chi connectivity index (χ0) is 13.6. The van der Waals surface area contributed by atoms with Gasteiger partial charge in [0.15, 0.2) is 0 Å². The highest BCUT2D eigenvalue weighted by atomic mass is 19.4. The molecular weight excluding hydrogens is 249 g/mol. The molecule has 1 aromatic rings. The molecule has 0 spiro atoms. The number of nitrogens with zero attached hydrogens (tertiary/aromatic N) is 2. The second-order valence-electron chi connectivity index (χ2n) is 3.54. The largest absolute Gasteiger partial charge is 0.411 e. The van der Waals surface area contributed by atoms with Crippen molar-refractivity contribution < 1.29 is 17.9 Å². The van der Waals surface area contributed by atoms with Crippen molar-refractivity contribution in [2.24, 2.45) is 0 Å². The maximum absolute atomic E-state index is 11.8. The fraction of sp³-hybridized carbons (Fsp3) is 0.600. The highest BCUT2D eigenvalue weighted by molar-refractivity contribution is 5.44. The molecule has 0 fully saturated rings. The lowest BCUT2D eigenvalue weighted by Gasteiger charge is -2.09. The molecule has 0 saturated heterocycles. The van der Waals surface area contributed by atoms with E-state index in [2.05, 4.69) is 20.0 Å². The second-order valence-corrected chi connectivity index (χ2v) is 3.54. The quantitative estimate of drug-likeness (QED) is 0.764. The van der Waals surface area contributed by atoms with Crippen LogP contribution in [0.15, 0.2) is 6.07 Å². The van der Waals surface area contributed by atoms with E-state index in [0.29, 0.717) is 23.9 Å². The van der Waals surface area contributed by atoms with Crippen LogP contribution in [0.4, 0.5) is 24.8 Å². The predicted octanol–water partition coefficient (Wildman–Crippen LogP) is 1.61. The van der Waals surface area contributed by atoms with E-state index < -0.39 is 12.8 Å². The summed E-state index contributed by atoms with van der Waals surface area (Å²) in [4.78, 5) is 8.09. The minimum absolute atomic E-state index is 0.0646. The van der Waals surface area contributed by atoms with Crippen LogP contribution in [0.2, 0.25) is 0 Å². The summed E-state index contributed by atoms with van der Waals surface area (Å²) in [7, 11) is 0. The van der Waals surface area contributed by atoms with Crippen molar-refractivity contribution in [2.75, 3.05) is 30.8 Å². The van der Waals surface area contributed by atoms with Gasteiger partial charge in [0, 0.05) is 19.0 Å². The monoisotopic (exact) mass is 264 g/mol. The van der Waals surface area contributed by atoms with Crippen LogP contribution in [-0.2, 0) is 11.2 Å². The summed E-state index contributed by atoms with van der Waals surface area (Å²) in [5, 5.41) is 2.82. The summed E-state index contributed by atoms with van der Waals surface area (Å²) in [6.07, 6.45) is -3.67. The molecule has 0 radical (unpaired) electrons. The summed E-state index contributed by atoms with van der Waals surface area (Å²) in [6, 6.07) is 1.52. The molecular formula is C10H15F3N4O. The number of hydrogen-bond donors (Lipinski definition) is 2. The first-order valence-electron chi connectivity index (χ1n) is 5.42. The third-order valence-electron chi connectivity index (χ3n) is 1.93. The van der Waals surface area contributed by atoms with E-state index >= 15 is 0 Å². The zero-order valence-electron chi connectivity index (χ0n) is 9.92. The van der Waals surface area contributed by atoms with Crippen molar-refractivity contribution >= 4 is 11.6 Å². The summed E-state index contributed by atoms with van der Waals surface area (Å²) in [6.45, 7) is 0.784. The number of hydrogen-bond acceptors (Lipinski definition) is 5. The molecule has 18 heavy (non-hydrogen) atoms. The van der Waals surface area contributed by atoms with E-state index in [9.17, 15) is 13.2 Å². The summed E-state index contributed by atoms with van der Waals surface area (Å²) < 4.78 is 39.8. The topological polar surface area (TPSA) is 73.1 Å². The lowest BCUT2D eigenvalue weighted by molar-refractivity contribution is -0.172. The Morgan fingerprint density at radius 2 is 2.11 bits per heavy atom. The molecule has 0 atom stereocenters. The molecule has 1 aromatic heterocycles. The van der Waals surface area contributed by atoms with Gasteiger partial charge in [0.05, 0.1) is 6.61 Å². The van der Waals surface area contributed by atoms with Gasteiger partial charge in [-0.2, -0.15) is 13.2 Å². The molecule has 0 aromatic carbocycles. The number of alkyl halides is 3. The summed E-state index contributed by atoms with van der Waals surface area (Å²) in [5.41, 5.74) is 5.55. The highest BCUT2D eigenvalue weighted by Crippen LogP contribution is 2.14. The molecule has 1 rings (SSSR count). The van der Waals surface area contributed by atoms with Gasteiger partial charge >= 0.3 is 6.18 Å². The van der Waals surface area contributed by atoms with Gasteiger partial charge in [-0.1, -0.05) is 6.92 Å². The third kappa shape index (κ3) is 5.67. The number of halogens is 3. The molecule has 102 valence electrons. The average molecular weight is 264 g/mol.